The SMILES string of the molecule is C=C[C@](C)(CCCCCCCC)C(=O)O. The van der Waals surface area contributed by atoms with E-state index in [1.54, 1.807) is 13.0 Å². The van der Waals surface area contributed by atoms with E-state index < -0.39 is 11.4 Å². The maximum Gasteiger partial charge on any atom is 0.313 e. The zero-order valence-electron chi connectivity index (χ0n) is 10.1. The van der Waals surface area contributed by atoms with Crippen LogP contribution in [0, 0.1) is 5.41 Å². The molecule has 0 saturated carbocycles. The standard InChI is InChI=1S/C13H24O2/c1-4-6-7-8-9-10-11-13(3,5-2)12(14)15/h5H,2,4,6-11H2,1,3H3,(H,14,15)/t13-/m1/s1. The van der Waals surface area contributed by atoms with E-state index in [2.05, 4.69) is 13.5 Å². The van der Waals surface area contributed by atoms with Crippen LogP contribution in [0.4, 0.5) is 0 Å². The number of carboxylic acid groups (broad SMARTS) is 1. The zero-order chi connectivity index (χ0) is 11.7. The molecule has 88 valence electrons. The fourth-order valence-corrected chi connectivity index (χ4v) is 1.57. The highest BCUT2D eigenvalue weighted by molar-refractivity contribution is 5.76. The molecule has 0 unspecified atom stereocenters. The van der Waals surface area contributed by atoms with Gasteiger partial charge >= 0.3 is 5.97 Å². The van der Waals surface area contributed by atoms with E-state index in [0.717, 1.165) is 12.8 Å². The molecule has 0 aromatic carbocycles. The van der Waals surface area contributed by atoms with Crippen LogP contribution in [0.15, 0.2) is 12.7 Å². The van der Waals surface area contributed by atoms with E-state index in [4.69, 9.17) is 5.11 Å². The lowest BCUT2D eigenvalue weighted by molar-refractivity contribution is -0.145. The first-order chi connectivity index (χ1) is 7.06. The summed E-state index contributed by atoms with van der Waals surface area (Å²) in [6, 6.07) is 0. The summed E-state index contributed by atoms with van der Waals surface area (Å²) in [5, 5.41) is 9.00. The Morgan fingerprint density at radius 2 is 1.80 bits per heavy atom. The number of aliphatic carboxylic acids is 1. The van der Waals surface area contributed by atoms with Crippen LogP contribution in [0.2, 0.25) is 0 Å². The Morgan fingerprint density at radius 1 is 1.27 bits per heavy atom. The van der Waals surface area contributed by atoms with E-state index in [-0.39, 0.29) is 0 Å². The smallest absolute Gasteiger partial charge is 0.313 e. The number of carbonyl (C=O) groups is 1. The van der Waals surface area contributed by atoms with E-state index in [1.165, 1.54) is 25.7 Å². The summed E-state index contributed by atoms with van der Waals surface area (Å²) in [6.07, 6.45) is 9.42. The minimum Gasteiger partial charge on any atom is -0.481 e. The minimum atomic E-state index is -0.758. The van der Waals surface area contributed by atoms with Gasteiger partial charge in [-0.2, -0.15) is 0 Å². The predicted octanol–water partition coefficient (Wildman–Crippen LogP) is 4.01. The molecule has 1 N–H and O–H groups in total. The molecule has 0 heterocycles. The van der Waals surface area contributed by atoms with Gasteiger partial charge in [0, 0.05) is 0 Å². The van der Waals surface area contributed by atoms with Crippen molar-refractivity contribution in [2.45, 2.75) is 58.8 Å². The highest BCUT2D eigenvalue weighted by Crippen LogP contribution is 2.26. The molecule has 0 aliphatic heterocycles. The van der Waals surface area contributed by atoms with Crippen molar-refractivity contribution in [3.05, 3.63) is 12.7 Å². The van der Waals surface area contributed by atoms with Crippen molar-refractivity contribution in [3.63, 3.8) is 0 Å². The summed E-state index contributed by atoms with van der Waals surface area (Å²) in [5.74, 6) is -0.758. The van der Waals surface area contributed by atoms with Gasteiger partial charge in [-0.3, -0.25) is 4.79 Å². The second kappa shape index (κ2) is 7.49. The topological polar surface area (TPSA) is 37.3 Å². The summed E-state index contributed by atoms with van der Waals surface area (Å²) in [6.45, 7) is 7.54. The average Bonchev–Trinajstić information content (AvgIpc) is 2.22. The molecule has 15 heavy (non-hydrogen) atoms. The van der Waals surface area contributed by atoms with Crippen molar-refractivity contribution in [2.75, 3.05) is 0 Å². The Bertz CT molecular complexity index is 199. The van der Waals surface area contributed by atoms with Gasteiger partial charge in [0.1, 0.15) is 0 Å². The lowest BCUT2D eigenvalue weighted by atomic mass is 9.85. The summed E-state index contributed by atoms with van der Waals surface area (Å²) < 4.78 is 0. The molecule has 1 atom stereocenters. The van der Waals surface area contributed by atoms with Crippen LogP contribution < -0.4 is 0 Å². The molecule has 0 aromatic rings. The third-order valence-electron chi connectivity index (χ3n) is 2.99. The van der Waals surface area contributed by atoms with Gasteiger partial charge in [0.15, 0.2) is 0 Å². The third kappa shape index (κ3) is 5.60. The molecule has 2 nitrogen and oxygen atoms in total. The van der Waals surface area contributed by atoms with Crippen molar-refractivity contribution in [1.29, 1.82) is 0 Å². The second-order valence-electron chi connectivity index (χ2n) is 4.44. The van der Waals surface area contributed by atoms with Crippen LogP contribution in [-0.2, 0) is 4.79 Å². The normalized spacial score (nSPS) is 14.5. The van der Waals surface area contributed by atoms with Gasteiger partial charge < -0.3 is 5.11 Å². The summed E-state index contributed by atoms with van der Waals surface area (Å²) in [5.41, 5.74) is -0.731. The van der Waals surface area contributed by atoms with Gasteiger partial charge in [-0.1, -0.05) is 51.5 Å². The second-order valence-corrected chi connectivity index (χ2v) is 4.44. The molecule has 0 aliphatic rings. The first-order valence-corrected chi connectivity index (χ1v) is 5.94. The highest BCUT2D eigenvalue weighted by atomic mass is 16.4. The van der Waals surface area contributed by atoms with Gasteiger partial charge in [-0.05, 0) is 13.3 Å². The Hall–Kier alpha value is -0.790. The monoisotopic (exact) mass is 212 g/mol. The number of rotatable bonds is 9. The van der Waals surface area contributed by atoms with Crippen LogP contribution in [0.5, 0.6) is 0 Å². The Morgan fingerprint density at radius 3 is 2.27 bits per heavy atom. The van der Waals surface area contributed by atoms with Crippen LogP contribution >= 0.6 is 0 Å². The maximum absolute atomic E-state index is 10.9. The quantitative estimate of drug-likeness (QED) is 0.463. The predicted molar refractivity (Wildman–Crippen MR) is 63.9 cm³/mol. The minimum absolute atomic E-state index is 0.706. The third-order valence-corrected chi connectivity index (χ3v) is 2.99. The van der Waals surface area contributed by atoms with Crippen LogP contribution in [0.1, 0.15) is 58.8 Å². The fraction of sp³-hybridized carbons (Fsp3) is 0.769. The molecule has 0 aliphatic carbocycles. The van der Waals surface area contributed by atoms with Gasteiger partial charge in [0.05, 0.1) is 5.41 Å². The number of hydrogen-bond donors (Lipinski definition) is 1. The molecular formula is C13H24O2. The molecule has 0 fully saturated rings. The molecule has 0 spiro atoms. The molecule has 0 bridgehead atoms. The van der Waals surface area contributed by atoms with Gasteiger partial charge in [-0.15, -0.1) is 6.58 Å². The summed E-state index contributed by atoms with van der Waals surface area (Å²) >= 11 is 0. The van der Waals surface area contributed by atoms with E-state index in [0.29, 0.717) is 6.42 Å². The largest absolute Gasteiger partial charge is 0.481 e. The van der Waals surface area contributed by atoms with Crippen molar-refractivity contribution in [3.8, 4) is 0 Å². The van der Waals surface area contributed by atoms with E-state index in [1.807, 2.05) is 0 Å². The van der Waals surface area contributed by atoms with Crippen LogP contribution in [-0.4, -0.2) is 11.1 Å². The molecular weight excluding hydrogens is 188 g/mol. The first-order valence-electron chi connectivity index (χ1n) is 5.94. The lowest BCUT2D eigenvalue weighted by Gasteiger charge is -2.19. The molecule has 0 aromatic heterocycles. The van der Waals surface area contributed by atoms with Crippen LogP contribution in [0.3, 0.4) is 0 Å². The van der Waals surface area contributed by atoms with Crippen LogP contribution in [0.25, 0.3) is 0 Å². The average molecular weight is 212 g/mol. The van der Waals surface area contributed by atoms with Gasteiger partial charge in [0.2, 0.25) is 0 Å². The molecule has 0 radical (unpaired) electrons. The Kier molecular flexibility index (Phi) is 7.10. The van der Waals surface area contributed by atoms with Crippen molar-refractivity contribution >= 4 is 5.97 Å². The number of carboxylic acids is 1. The molecule has 2 heteroatoms. The lowest BCUT2D eigenvalue weighted by Crippen LogP contribution is -2.24. The highest BCUT2D eigenvalue weighted by Gasteiger charge is 2.28. The van der Waals surface area contributed by atoms with Crippen molar-refractivity contribution in [1.82, 2.24) is 0 Å². The van der Waals surface area contributed by atoms with E-state index >= 15 is 0 Å². The number of unbranched alkanes of at least 4 members (excludes halogenated alkanes) is 5. The zero-order valence-corrected chi connectivity index (χ0v) is 10.1. The first kappa shape index (κ1) is 14.2. The van der Waals surface area contributed by atoms with Gasteiger partial charge in [0.25, 0.3) is 0 Å². The van der Waals surface area contributed by atoms with Gasteiger partial charge in [-0.25, -0.2) is 0 Å². The molecule has 0 rings (SSSR count). The molecule has 0 saturated heterocycles. The number of hydrogen-bond acceptors (Lipinski definition) is 1. The van der Waals surface area contributed by atoms with E-state index in [9.17, 15) is 4.79 Å². The maximum atomic E-state index is 10.9. The Balaban J connectivity index is 3.64. The summed E-state index contributed by atoms with van der Waals surface area (Å²) in [7, 11) is 0. The van der Waals surface area contributed by atoms with Crippen molar-refractivity contribution in [2.24, 2.45) is 5.41 Å². The fourth-order valence-electron chi connectivity index (χ4n) is 1.57. The summed E-state index contributed by atoms with van der Waals surface area (Å²) in [4.78, 5) is 10.9. The molecule has 0 amide bonds. The Labute approximate surface area is 93.4 Å². The van der Waals surface area contributed by atoms with Crippen molar-refractivity contribution < 1.29 is 9.90 Å².